The van der Waals surface area contributed by atoms with Gasteiger partial charge in [-0.2, -0.15) is 0 Å². The van der Waals surface area contributed by atoms with Crippen LogP contribution in [0.25, 0.3) is 0 Å². The third kappa shape index (κ3) is 7.69. The largest absolute Gasteiger partial charge is 0.335 e. The van der Waals surface area contributed by atoms with E-state index in [1.807, 2.05) is 4.90 Å². The van der Waals surface area contributed by atoms with Gasteiger partial charge in [0.15, 0.2) is 0 Å². The molecule has 0 saturated carbocycles. The van der Waals surface area contributed by atoms with E-state index in [9.17, 15) is 4.79 Å². The molecule has 23 heavy (non-hydrogen) atoms. The van der Waals surface area contributed by atoms with Gasteiger partial charge < -0.3 is 4.90 Å². The molecule has 1 atom stereocenters. The van der Waals surface area contributed by atoms with Gasteiger partial charge in [-0.25, -0.2) is 0 Å². The van der Waals surface area contributed by atoms with E-state index in [1.54, 1.807) is 0 Å². The maximum Gasteiger partial charge on any atom is 0.237 e. The smallest absolute Gasteiger partial charge is 0.237 e. The van der Waals surface area contributed by atoms with E-state index in [0.717, 1.165) is 31.5 Å². The van der Waals surface area contributed by atoms with Crippen LogP contribution in [0.2, 0.25) is 0 Å². The molecule has 0 aromatic carbocycles. The highest BCUT2D eigenvalue weighted by atomic mass is 16.2. The van der Waals surface area contributed by atoms with Gasteiger partial charge in [-0.15, -0.1) is 0 Å². The molecule has 136 valence electrons. The number of hydrogen-bond acceptors (Lipinski definition) is 2. The van der Waals surface area contributed by atoms with Gasteiger partial charge in [0.1, 0.15) is 0 Å². The first-order valence-corrected chi connectivity index (χ1v) is 9.74. The molecule has 0 spiro atoms. The number of carbonyl (C=O) groups excluding carboxylic acids is 1. The van der Waals surface area contributed by atoms with Crippen LogP contribution < -0.4 is 0 Å². The Kier molecular flexibility index (Phi) is 8.60. The van der Waals surface area contributed by atoms with Crippen LogP contribution in [-0.2, 0) is 4.79 Å². The Bertz CT molecular complexity index is 346. The summed E-state index contributed by atoms with van der Waals surface area (Å²) in [7, 11) is 0. The molecule has 0 aromatic rings. The van der Waals surface area contributed by atoms with E-state index in [0.29, 0.717) is 12.5 Å². The van der Waals surface area contributed by atoms with Crippen molar-refractivity contribution < 1.29 is 4.79 Å². The number of nitrogens with zero attached hydrogens (tertiary/aromatic N) is 2. The van der Waals surface area contributed by atoms with E-state index >= 15 is 0 Å². The molecule has 1 rings (SSSR count). The summed E-state index contributed by atoms with van der Waals surface area (Å²) in [4.78, 5) is 16.6. The Balaban J connectivity index is 2.06. The predicted octanol–water partition coefficient (Wildman–Crippen LogP) is 4.56. The van der Waals surface area contributed by atoms with Gasteiger partial charge in [-0.1, -0.05) is 52.9 Å². The second-order valence-electron chi connectivity index (χ2n) is 8.77. The zero-order valence-corrected chi connectivity index (χ0v) is 16.5. The minimum atomic E-state index is -0.0315. The van der Waals surface area contributed by atoms with Crippen molar-refractivity contribution in [2.45, 2.75) is 85.6 Å². The van der Waals surface area contributed by atoms with E-state index in [1.165, 1.54) is 38.5 Å². The molecule has 1 saturated heterocycles. The average Bonchev–Trinajstić information content (AvgIpc) is 2.44. The molecule has 1 aliphatic heterocycles. The molecular weight excluding hydrogens is 284 g/mol. The molecule has 0 radical (unpaired) electrons. The quantitative estimate of drug-likeness (QED) is 0.580. The second-order valence-corrected chi connectivity index (χ2v) is 8.77. The Morgan fingerprint density at radius 3 is 2.13 bits per heavy atom. The molecule has 1 amide bonds. The normalized spacial score (nSPS) is 18.7. The van der Waals surface area contributed by atoms with E-state index < -0.39 is 0 Å². The van der Waals surface area contributed by atoms with Crippen molar-refractivity contribution in [3.8, 4) is 0 Å². The van der Waals surface area contributed by atoms with E-state index in [4.69, 9.17) is 0 Å². The Morgan fingerprint density at radius 2 is 1.57 bits per heavy atom. The standard InChI is InChI=1S/C20H40N2O/c1-17(2)18(3)12-10-8-7-9-11-13-21-14-15-22(19(23)16-21)20(4,5)6/h17-18H,7-16H2,1-6H3. The number of hydrogen-bond donors (Lipinski definition) is 0. The molecule has 1 unspecified atom stereocenters. The van der Waals surface area contributed by atoms with Crippen molar-refractivity contribution >= 4 is 5.91 Å². The van der Waals surface area contributed by atoms with Gasteiger partial charge in [-0.05, 0) is 45.6 Å². The van der Waals surface area contributed by atoms with E-state index in [2.05, 4.69) is 46.4 Å². The third-order valence-corrected chi connectivity index (χ3v) is 5.38. The van der Waals surface area contributed by atoms with Gasteiger partial charge in [0.25, 0.3) is 0 Å². The second kappa shape index (κ2) is 9.66. The summed E-state index contributed by atoms with van der Waals surface area (Å²) in [6, 6.07) is 0. The van der Waals surface area contributed by atoms with Crippen LogP contribution in [0.1, 0.15) is 80.1 Å². The molecule has 3 heteroatoms. The molecule has 0 aromatic heterocycles. The van der Waals surface area contributed by atoms with Gasteiger partial charge in [-0.3, -0.25) is 9.69 Å². The fraction of sp³-hybridized carbons (Fsp3) is 0.950. The molecular formula is C20H40N2O. The number of rotatable bonds is 9. The third-order valence-electron chi connectivity index (χ3n) is 5.38. The van der Waals surface area contributed by atoms with Gasteiger partial charge in [0.2, 0.25) is 5.91 Å². The van der Waals surface area contributed by atoms with Gasteiger partial charge >= 0.3 is 0 Å². The minimum Gasteiger partial charge on any atom is -0.335 e. The first kappa shape index (κ1) is 20.5. The van der Waals surface area contributed by atoms with Crippen molar-refractivity contribution in [1.29, 1.82) is 0 Å². The SMILES string of the molecule is CC(C)C(C)CCCCCCCN1CCN(C(C)(C)C)C(=O)C1. The summed E-state index contributed by atoms with van der Waals surface area (Å²) in [6.07, 6.45) is 8.02. The van der Waals surface area contributed by atoms with Crippen LogP contribution in [0.15, 0.2) is 0 Å². The van der Waals surface area contributed by atoms with Crippen molar-refractivity contribution in [3.05, 3.63) is 0 Å². The van der Waals surface area contributed by atoms with Crippen LogP contribution in [0.3, 0.4) is 0 Å². The molecule has 1 heterocycles. The van der Waals surface area contributed by atoms with Crippen molar-refractivity contribution in [3.63, 3.8) is 0 Å². The Morgan fingerprint density at radius 1 is 0.957 bits per heavy atom. The van der Waals surface area contributed by atoms with Crippen LogP contribution in [-0.4, -0.2) is 47.4 Å². The summed E-state index contributed by atoms with van der Waals surface area (Å²) < 4.78 is 0. The van der Waals surface area contributed by atoms with Gasteiger partial charge in [0, 0.05) is 18.6 Å². The summed E-state index contributed by atoms with van der Waals surface area (Å²) in [5, 5.41) is 0. The van der Waals surface area contributed by atoms with Crippen LogP contribution in [0.5, 0.6) is 0 Å². The highest BCUT2D eigenvalue weighted by molar-refractivity contribution is 5.79. The monoisotopic (exact) mass is 324 g/mol. The lowest BCUT2D eigenvalue weighted by atomic mass is 9.92. The van der Waals surface area contributed by atoms with Gasteiger partial charge in [0.05, 0.1) is 6.54 Å². The summed E-state index contributed by atoms with van der Waals surface area (Å²) in [6.45, 7) is 17.0. The first-order valence-electron chi connectivity index (χ1n) is 9.74. The summed E-state index contributed by atoms with van der Waals surface area (Å²) in [5.74, 6) is 1.98. The van der Waals surface area contributed by atoms with Crippen molar-refractivity contribution in [1.82, 2.24) is 9.80 Å². The van der Waals surface area contributed by atoms with Crippen LogP contribution in [0, 0.1) is 11.8 Å². The fourth-order valence-electron chi connectivity index (χ4n) is 3.29. The number of amides is 1. The number of unbranched alkanes of at least 4 members (excludes halogenated alkanes) is 4. The maximum absolute atomic E-state index is 12.2. The molecule has 1 fully saturated rings. The fourth-order valence-corrected chi connectivity index (χ4v) is 3.29. The van der Waals surface area contributed by atoms with Crippen LogP contribution >= 0.6 is 0 Å². The van der Waals surface area contributed by atoms with Crippen molar-refractivity contribution in [2.75, 3.05) is 26.2 Å². The molecule has 0 N–H and O–H groups in total. The highest BCUT2D eigenvalue weighted by Crippen LogP contribution is 2.19. The number of piperazine rings is 1. The molecule has 1 aliphatic rings. The topological polar surface area (TPSA) is 23.6 Å². The average molecular weight is 325 g/mol. The highest BCUT2D eigenvalue weighted by Gasteiger charge is 2.31. The lowest BCUT2D eigenvalue weighted by Gasteiger charge is -2.42. The zero-order valence-electron chi connectivity index (χ0n) is 16.5. The first-order chi connectivity index (χ1) is 10.7. The maximum atomic E-state index is 12.2. The minimum absolute atomic E-state index is 0.0315. The zero-order chi connectivity index (χ0) is 17.5. The van der Waals surface area contributed by atoms with Crippen LogP contribution in [0.4, 0.5) is 0 Å². The lowest BCUT2D eigenvalue weighted by molar-refractivity contribution is -0.141. The summed E-state index contributed by atoms with van der Waals surface area (Å²) in [5.41, 5.74) is -0.0315. The number of carbonyl (C=O) groups is 1. The predicted molar refractivity (Wildman–Crippen MR) is 99.6 cm³/mol. The van der Waals surface area contributed by atoms with Crippen molar-refractivity contribution in [2.24, 2.45) is 11.8 Å². The summed E-state index contributed by atoms with van der Waals surface area (Å²) >= 11 is 0. The molecule has 0 bridgehead atoms. The lowest BCUT2D eigenvalue weighted by Crippen LogP contribution is -2.56. The Hall–Kier alpha value is -0.570. The molecule has 0 aliphatic carbocycles. The van der Waals surface area contributed by atoms with E-state index in [-0.39, 0.29) is 5.54 Å². The molecule has 3 nitrogen and oxygen atoms in total. The Labute approximate surface area is 144 Å².